The Morgan fingerprint density at radius 3 is 2.57 bits per heavy atom. The average Bonchev–Trinajstić information content (AvgIpc) is 3.05. The lowest BCUT2D eigenvalue weighted by molar-refractivity contribution is 0.251. The van der Waals surface area contributed by atoms with Crippen molar-refractivity contribution in [2.24, 2.45) is 0 Å². The molecule has 1 aromatic heterocycles. The fourth-order valence-electron chi connectivity index (χ4n) is 1.98. The molecular formula is C17H14FN3OS. The minimum absolute atomic E-state index is 0.330. The van der Waals surface area contributed by atoms with Gasteiger partial charge in [-0.3, -0.25) is 0 Å². The van der Waals surface area contributed by atoms with Crippen LogP contribution in [0.15, 0.2) is 60.0 Å². The van der Waals surface area contributed by atoms with Crippen molar-refractivity contribution in [3.8, 4) is 10.6 Å². The van der Waals surface area contributed by atoms with Gasteiger partial charge < -0.3 is 10.6 Å². The molecule has 3 aromatic rings. The van der Waals surface area contributed by atoms with Crippen LogP contribution in [-0.4, -0.2) is 11.0 Å². The van der Waals surface area contributed by atoms with Gasteiger partial charge in [0.2, 0.25) is 0 Å². The van der Waals surface area contributed by atoms with Crippen LogP contribution in [0.25, 0.3) is 10.6 Å². The number of hydrogen-bond acceptors (Lipinski definition) is 3. The molecule has 2 aromatic carbocycles. The van der Waals surface area contributed by atoms with E-state index in [0.29, 0.717) is 12.2 Å². The number of benzene rings is 2. The van der Waals surface area contributed by atoms with Gasteiger partial charge in [-0.2, -0.15) is 0 Å². The molecular weight excluding hydrogens is 313 g/mol. The van der Waals surface area contributed by atoms with E-state index in [2.05, 4.69) is 15.6 Å². The zero-order valence-corrected chi connectivity index (χ0v) is 12.9. The van der Waals surface area contributed by atoms with Gasteiger partial charge in [0.1, 0.15) is 10.8 Å². The van der Waals surface area contributed by atoms with E-state index in [-0.39, 0.29) is 11.8 Å². The smallest absolute Gasteiger partial charge is 0.319 e. The summed E-state index contributed by atoms with van der Waals surface area (Å²) in [5.41, 5.74) is 2.38. The molecule has 0 bridgehead atoms. The Hall–Kier alpha value is -2.73. The van der Waals surface area contributed by atoms with Gasteiger partial charge in [0.05, 0.1) is 12.2 Å². The van der Waals surface area contributed by atoms with Crippen LogP contribution in [-0.2, 0) is 6.54 Å². The van der Waals surface area contributed by atoms with Crippen LogP contribution in [0.1, 0.15) is 5.69 Å². The maximum Gasteiger partial charge on any atom is 0.319 e. The van der Waals surface area contributed by atoms with Gasteiger partial charge in [-0.1, -0.05) is 30.3 Å². The highest BCUT2D eigenvalue weighted by Crippen LogP contribution is 2.23. The van der Waals surface area contributed by atoms with E-state index in [1.807, 2.05) is 35.7 Å². The molecule has 1 heterocycles. The number of hydrogen-bond donors (Lipinski definition) is 2. The number of nitrogens with zero attached hydrogens (tertiary/aromatic N) is 1. The van der Waals surface area contributed by atoms with E-state index >= 15 is 0 Å². The van der Waals surface area contributed by atoms with Crippen molar-refractivity contribution >= 4 is 23.1 Å². The quantitative estimate of drug-likeness (QED) is 0.752. The minimum Gasteiger partial charge on any atom is -0.332 e. The standard InChI is InChI=1S/C17H14FN3OS/c18-13-6-8-14(9-7-13)21-17(22)19-10-15-11-23-16(20-15)12-4-2-1-3-5-12/h1-9,11H,10H2,(H2,19,21,22). The highest BCUT2D eigenvalue weighted by molar-refractivity contribution is 7.13. The molecule has 0 saturated carbocycles. The molecule has 0 saturated heterocycles. The number of carbonyl (C=O) groups excluding carboxylic acids is 1. The zero-order chi connectivity index (χ0) is 16.1. The van der Waals surface area contributed by atoms with Gasteiger partial charge in [-0.15, -0.1) is 11.3 Å². The summed E-state index contributed by atoms with van der Waals surface area (Å²) in [6, 6.07) is 15.1. The Morgan fingerprint density at radius 2 is 1.83 bits per heavy atom. The summed E-state index contributed by atoms with van der Waals surface area (Å²) in [6.07, 6.45) is 0. The number of urea groups is 1. The third kappa shape index (κ3) is 4.14. The van der Waals surface area contributed by atoms with Crippen LogP contribution in [0.2, 0.25) is 0 Å². The number of thiazole rings is 1. The fourth-order valence-corrected chi connectivity index (χ4v) is 2.81. The second kappa shape index (κ2) is 7.02. The first-order chi connectivity index (χ1) is 11.2. The highest BCUT2D eigenvalue weighted by atomic mass is 32.1. The van der Waals surface area contributed by atoms with Crippen molar-refractivity contribution in [3.63, 3.8) is 0 Å². The van der Waals surface area contributed by atoms with Gasteiger partial charge in [-0.05, 0) is 24.3 Å². The van der Waals surface area contributed by atoms with Crippen molar-refractivity contribution < 1.29 is 9.18 Å². The Morgan fingerprint density at radius 1 is 1.09 bits per heavy atom. The number of carbonyl (C=O) groups is 1. The molecule has 0 aliphatic rings. The Balaban J connectivity index is 1.55. The van der Waals surface area contributed by atoms with Gasteiger partial charge in [-0.25, -0.2) is 14.2 Å². The van der Waals surface area contributed by atoms with Crippen LogP contribution in [0.3, 0.4) is 0 Å². The fraction of sp³-hybridized carbons (Fsp3) is 0.0588. The first-order valence-electron chi connectivity index (χ1n) is 7.01. The minimum atomic E-state index is -0.356. The van der Waals surface area contributed by atoms with Crippen molar-refractivity contribution in [2.75, 3.05) is 5.32 Å². The molecule has 0 fully saturated rings. The first-order valence-corrected chi connectivity index (χ1v) is 7.89. The van der Waals surface area contributed by atoms with Crippen molar-refractivity contribution in [1.29, 1.82) is 0 Å². The van der Waals surface area contributed by atoms with E-state index in [0.717, 1.165) is 16.3 Å². The van der Waals surface area contributed by atoms with Gasteiger partial charge >= 0.3 is 6.03 Å². The Labute approximate surface area is 137 Å². The summed E-state index contributed by atoms with van der Waals surface area (Å²) in [5.74, 6) is -0.341. The van der Waals surface area contributed by atoms with Crippen molar-refractivity contribution in [2.45, 2.75) is 6.54 Å². The van der Waals surface area contributed by atoms with E-state index < -0.39 is 0 Å². The van der Waals surface area contributed by atoms with E-state index in [9.17, 15) is 9.18 Å². The van der Waals surface area contributed by atoms with Crippen LogP contribution in [0.5, 0.6) is 0 Å². The number of amides is 2. The number of halogens is 1. The predicted octanol–water partition coefficient (Wildman–Crippen LogP) is 4.27. The topological polar surface area (TPSA) is 54.0 Å². The first kappa shape index (κ1) is 15.2. The molecule has 0 unspecified atom stereocenters. The monoisotopic (exact) mass is 327 g/mol. The molecule has 23 heavy (non-hydrogen) atoms. The second-order valence-corrected chi connectivity index (χ2v) is 5.68. The lowest BCUT2D eigenvalue weighted by Gasteiger charge is -2.06. The molecule has 0 radical (unpaired) electrons. The summed E-state index contributed by atoms with van der Waals surface area (Å²) < 4.78 is 12.8. The van der Waals surface area contributed by atoms with Crippen molar-refractivity contribution in [1.82, 2.24) is 10.3 Å². The molecule has 0 atom stereocenters. The van der Waals surface area contributed by atoms with Crippen LogP contribution >= 0.6 is 11.3 Å². The van der Waals surface area contributed by atoms with Gasteiger partial charge in [0, 0.05) is 16.6 Å². The highest BCUT2D eigenvalue weighted by Gasteiger charge is 2.06. The average molecular weight is 327 g/mol. The molecule has 0 aliphatic carbocycles. The molecule has 6 heteroatoms. The summed E-state index contributed by atoms with van der Waals surface area (Å²) in [4.78, 5) is 16.3. The van der Waals surface area contributed by atoms with Crippen molar-refractivity contribution in [3.05, 3.63) is 71.5 Å². The molecule has 2 amide bonds. The maximum absolute atomic E-state index is 12.8. The molecule has 4 nitrogen and oxygen atoms in total. The maximum atomic E-state index is 12.8. The van der Waals surface area contributed by atoms with Crippen LogP contribution < -0.4 is 10.6 Å². The molecule has 0 aliphatic heterocycles. The molecule has 116 valence electrons. The normalized spacial score (nSPS) is 10.3. The number of rotatable bonds is 4. The third-order valence-corrected chi connectivity index (χ3v) is 4.04. The molecule has 3 rings (SSSR count). The summed E-state index contributed by atoms with van der Waals surface area (Å²) in [7, 11) is 0. The number of nitrogens with one attached hydrogen (secondary N) is 2. The zero-order valence-electron chi connectivity index (χ0n) is 12.1. The number of anilines is 1. The third-order valence-electron chi connectivity index (χ3n) is 3.10. The van der Waals surface area contributed by atoms with E-state index in [1.54, 1.807) is 0 Å². The van der Waals surface area contributed by atoms with Crippen LogP contribution in [0, 0.1) is 5.82 Å². The predicted molar refractivity (Wildman–Crippen MR) is 89.8 cm³/mol. The lowest BCUT2D eigenvalue weighted by Crippen LogP contribution is -2.28. The largest absolute Gasteiger partial charge is 0.332 e. The molecule has 0 spiro atoms. The van der Waals surface area contributed by atoms with E-state index in [4.69, 9.17) is 0 Å². The Kier molecular flexibility index (Phi) is 4.63. The Bertz CT molecular complexity index is 787. The van der Waals surface area contributed by atoms with E-state index in [1.165, 1.54) is 35.6 Å². The summed E-state index contributed by atoms with van der Waals surface area (Å²) >= 11 is 1.54. The lowest BCUT2D eigenvalue weighted by atomic mass is 10.2. The SMILES string of the molecule is O=C(NCc1csc(-c2ccccc2)n1)Nc1ccc(F)cc1. The number of aromatic nitrogens is 1. The van der Waals surface area contributed by atoms with Gasteiger partial charge in [0.15, 0.2) is 0 Å². The molecule has 2 N–H and O–H groups in total. The summed E-state index contributed by atoms with van der Waals surface area (Å²) in [5, 5.41) is 8.20. The second-order valence-electron chi connectivity index (χ2n) is 4.82. The van der Waals surface area contributed by atoms with Gasteiger partial charge in [0.25, 0.3) is 0 Å². The van der Waals surface area contributed by atoms with Crippen LogP contribution in [0.4, 0.5) is 14.9 Å². The summed E-state index contributed by atoms with van der Waals surface area (Å²) in [6.45, 7) is 0.330.